The highest BCUT2D eigenvalue weighted by Crippen LogP contribution is 2.30. The van der Waals surface area contributed by atoms with Gasteiger partial charge in [-0.05, 0) is 17.2 Å². The van der Waals surface area contributed by atoms with E-state index in [1.54, 1.807) is 24.3 Å². The van der Waals surface area contributed by atoms with Crippen LogP contribution in [0.4, 0.5) is 14.7 Å². The molecule has 0 saturated carbocycles. The molecule has 0 aliphatic carbocycles. The number of morpholine rings is 1. The van der Waals surface area contributed by atoms with Crippen molar-refractivity contribution in [3.05, 3.63) is 30.1 Å². The molecule has 0 unspecified atom stereocenters. The summed E-state index contributed by atoms with van der Waals surface area (Å²) in [6.07, 6.45) is -1.16. The Morgan fingerprint density at radius 3 is 2.55 bits per heavy atom. The molecule has 1 N–H and O–H groups in total. The van der Waals surface area contributed by atoms with Crippen molar-refractivity contribution in [2.24, 2.45) is 0 Å². The van der Waals surface area contributed by atoms with Gasteiger partial charge >= 0.3 is 11.6 Å². The third-order valence-corrected chi connectivity index (χ3v) is 6.18. The molecule has 5 heterocycles. The molecule has 33 heavy (non-hydrogen) atoms. The summed E-state index contributed by atoms with van der Waals surface area (Å²) in [5.41, 5.74) is 2.01. The number of halogens is 2. The van der Waals surface area contributed by atoms with Crippen LogP contribution in [0.25, 0.3) is 28.0 Å². The number of para-hydroxylation sites is 2. The fraction of sp³-hybridized carbons (Fsp3) is 0.476. The number of aromatic nitrogens is 7. The third-order valence-electron chi connectivity index (χ3n) is 6.18. The number of fused-ring (bicyclic) bond motifs is 2. The zero-order valence-electron chi connectivity index (χ0n) is 17.8. The first kappa shape index (κ1) is 20.4. The number of hydrogen-bond acceptors (Lipinski definition) is 7. The Morgan fingerprint density at radius 1 is 1.00 bits per heavy atom. The number of nitrogens with one attached hydrogen (secondary N) is 1. The predicted octanol–water partition coefficient (Wildman–Crippen LogP) is 2.10. The maximum atomic E-state index is 14.1. The lowest BCUT2D eigenvalue weighted by Gasteiger charge is -2.25. The molecule has 2 aliphatic heterocycles. The second kappa shape index (κ2) is 8.27. The number of benzene rings is 1. The van der Waals surface area contributed by atoms with Crippen LogP contribution >= 0.6 is 0 Å². The van der Waals surface area contributed by atoms with Crippen LogP contribution in [0.3, 0.4) is 0 Å². The van der Waals surface area contributed by atoms with Gasteiger partial charge in [0.1, 0.15) is 6.04 Å². The smallest absolute Gasteiger partial charge is 0.333 e. The molecule has 2 aliphatic rings. The molecule has 0 radical (unpaired) electrons. The predicted molar refractivity (Wildman–Crippen MR) is 114 cm³/mol. The molecule has 6 rings (SSSR count). The molecule has 0 atom stereocenters. The molecule has 4 aromatic rings. The minimum absolute atomic E-state index is 0.123. The number of alkyl halides is 2. The zero-order valence-corrected chi connectivity index (χ0v) is 17.8. The average molecular weight is 457 g/mol. The van der Waals surface area contributed by atoms with Crippen LogP contribution in [0.15, 0.2) is 24.3 Å². The van der Waals surface area contributed by atoms with Crippen molar-refractivity contribution in [2.45, 2.75) is 25.3 Å². The number of H-pyrrole nitrogens is 1. The molecule has 0 bridgehead atoms. The summed E-state index contributed by atoms with van der Waals surface area (Å²) in [6.45, 7) is 3.64. The van der Waals surface area contributed by atoms with Gasteiger partial charge in [0.2, 0.25) is 0 Å². The van der Waals surface area contributed by atoms with Gasteiger partial charge < -0.3 is 14.4 Å². The van der Waals surface area contributed by atoms with Crippen LogP contribution in [0.5, 0.6) is 0 Å². The minimum atomic E-state index is -2.78. The first-order chi connectivity index (χ1) is 16.2. The van der Waals surface area contributed by atoms with Gasteiger partial charge in [0.15, 0.2) is 11.6 Å². The lowest BCUT2D eigenvalue weighted by Crippen LogP contribution is -2.45. The molecule has 1 aromatic carbocycles. The van der Waals surface area contributed by atoms with E-state index in [2.05, 4.69) is 15.3 Å². The Kier molecular flexibility index (Phi) is 5.10. The number of anilines is 1. The average Bonchev–Trinajstić information content (AvgIpc) is 3.47. The van der Waals surface area contributed by atoms with Crippen molar-refractivity contribution >= 4 is 28.1 Å². The second-order valence-electron chi connectivity index (χ2n) is 8.14. The SMILES string of the molecule is FC(F)c1nc2ccccc2n1-c1nc(N2CCOCC2)nc2c1n[nH][n+]2C1CCOCC1. The zero-order chi connectivity index (χ0) is 22.4. The van der Waals surface area contributed by atoms with E-state index in [1.165, 1.54) is 4.57 Å². The summed E-state index contributed by atoms with van der Waals surface area (Å²) in [4.78, 5) is 15.8. The summed E-state index contributed by atoms with van der Waals surface area (Å²) in [7, 11) is 0. The summed E-state index contributed by atoms with van der Waals surface area (Å²) in [5.74, 6) is 0.373. The number of ether oxygens (including phenoxy) is 2. The molecule has 2 saturated heterocycles. The maximum Gasteiger partial charge on any atom is 0.333 e. The Bertz CT molecular complexity index is 1290. The normalized spacial score (nSPS) is 18.1. The van der Waals surface area contributed by atoms with E-state index >= 15 is 0 Å². The van der Waals surface area contributed by atoms with Gasteiger partial charge in [0.05, 0.1) is 24.2 Å². The van der Waals surface area contributed by atoms with Gasteiger partial charge in [-0.2, -0.15) is 9.67 Å². The van der Waals surface area contributed by atoms with Crippen LogP contribution in [-0.4, -0.2) is 69.3 Å². The fourth-order valence-corrected chi connectivity index (χ4v) is 4.51. The Hall–Kier alpha value is -3.25. The molecule has 12 heteroatoms. The van der Waals surface area contributed by atoms with Crippen LogP contribution in [0.1, 0.15) is 31.1 Å². The molecule has 10 nitrogen and oxygen atoms in total. The number of imidazole rings is 1. The number of aromatic amines is 1. The van der Waals surface area contributed by atoms with E-state index in [0.29, 0.717) is 67.7 Å². The van der Waals surface area contributed by atoms with Crippen LogP contribution in [0.2, 0.25) is 0 Å². The quantitative estimate of drug-likeness (QED) is 0.469. The monoisotopic (exact) mass is 457 g/mol. The van der Waals surface area contributed by atoms with Gasteiger partial charge in [0, 0.05) is 39.1 Å². The van der Waals surface area contributed by atoms with E-state index in [0.717, 1.165) is 12.8 Å². The maximum absolute atomic E-state index is 14.1. The third kappa shape index (κ3) is 3.49. The second-order valence-corrected chi connectivity index (χ2v) is 8.14. The van der Waals surface area contributed by atoms with Crippen molar-refractivity contribution in [2.75, 3.05) is 44.4 Å². The van der Waals surface area contributed by atoms with Crippen molar-refractivity contribution in [3.63, 3.8) is 0 Å². The molecule has 0 amide bonds. The van der Waals surface area contributed by atoms with Gasteiger partial charge in [-0.1, -0.05) is 17.1 Å². The van der Waals surface area contributed by atoms with Gasteiger partial charge in [0.25, 0.3) is 11.9 Å². The number of hydrogen-bond donors (Lipinski definition) is 1. The van der Waals surface area contributed by atoms with Gasteiger partial charge in [-0.15, -0.1) is 5.21 Å². The summed E-state index contributed by atoms with van der Waals surface area (Å²) < 4.78 is 42.5. The standard InChI is InChI=1S/C21H22F2N8O2/c22-17(23)20-24-14-3-1-2-4-15(14)30(20)18-16-19(26-21(25-18)29-7-11-33-12-8-29)31(28-27-16)13-5-9-32-10-6-13/h1-4,13,17H,5-12H2/p+1. The van der Waals surface area contributed by atoms with E-state index in [-0.39, 0.29) is 17.7 Å². The summed E-state index contributed by atoms with van der Waals surface area (Å²) in [5, 5.41) is 7.54. The molecule has 2 fully saturated rings. The molecule has 172 valence electrons. The van der Waals surface area contributed by atoms with Crippen molar-refractivity contribution in [1.29, 1.82) is 0 Å². The summed E-state index contributed by atoms with van der Waals surface area (Å²) in [6, 6.07) is 7.17. The van der Waals surface area contributed by atoms with Gasteiger partial charge in [-0.25, -0.2) is 13.8 Å². The highest BCUT2D eigenvalue weighted by molar-refractivity contribution is 5.84. The highest BCUT2D eigenvalue weighted by Gasteiger charge is 2.33. The largest absolute Gasteiger partial charge is 0.381 e. The van der Waals surface area contributed by atoms with E-state index < -0.39 is 6.43 Å². The summed E-state index contributed by atoms with van der Waals surface area (Å²) >= 11 is 0. The molecular formula is C21H23F2N8O2+. The van der Waals surface area contributed by atoms with Gasteiger partial charge in [-0.3, -0.25) is 4.57 Å². The lowest BCUT2D eigenvalue weighted by molar-refractivity contribution is -0.760. The van der Waals surface area contributed by atoms with Crippen molar-refractivity contribution < 1.29 is 22.9 Å². The van der Waals surface area contributed by atoms with Crippen molar-refractivity contribution in [1.82, 2.24) is 29.8 Å². The van der Waals surface area contributed by atoms with E-state index in [9.17, 15) is 8.78 Å². The minimum Gasteiger partial charge on any atom is -0.381 e. The molecular weight excluding hydrogens is 434 g/mol. The fourth-order valence-electron chi connectivity index (χ4n) is 4.51. The first-order valence-corrected chi connectivity index (χ1v) is 11.0. The first-order valence-electron chi connectivity index (χ1n) is 11.0. The topological polar surface area (TPSA) is 97.9 Å². The highest BCUT2D eigenvalue weighted by atomic mass is 19.3. The van der Waals surface area contributed by atoms with Crippen LogP contribution in [-0.2, 0) is 9.47 Å². The van der Waals surface area contributed by atoms with E-state index in [4.69, 9.17) is 19.4 Å². The molecule has 3 aromatic heterocycles. The van der Waals surface area contributed by atoms with E-state index in [1.807, 2.05) is 9.58 Å². The lowest BCUT2D eigenvalue weighted by atomic mass is 10.1. The Labute approximate surface area is 187 Å². The van der Waals surface area contributed by atoms with Crippen LogP contribution < -0.4 is 9.58 Å². The Balaban J connectivity index is 1.61. The van der Waals surface area contributed by atoms with Crippen molar-refractivity contribution in [3.8, 4) is 5.82 Å². The van der Waals surface area contributed by atoms with Crippen LogP contribution in [0, 0.1) is 0 Å². The Morgan fingerprint density at radius 2 is 1.76 bits per heavy atom. The number of nitrogens with zero attached hydrogens (tertiary/aromatic N) is 7. The molecule has 0 spiro atoms. The number of rotatable bonds is 4.